The first-order valence-corrected chi connectivity index (χ1v) is 12.7. The van der Waals surface area contributed by atoms with Gasteiger partial charge in [0.1, 0.15) is 0 Å². The van der Waals surface area contributed by atoms with Crippen molar-refractivity contribution in [3.8, 4) is 0 Å². The van der Waals surface area contributed by atoms with Crippen molar-refractivity contribution in [3.05, 3.63) is 46.1 Å². The van der Waals surface area contributed by atoms with Gasteiger partial charge in [-0.25, -0.2) is 0 Å². The summed E-state index contributed by atoms with van der Waals surface area (Å²) in [5.41, 5.74) is 9.57. The third-order valence-electron chi connectivity index (χ3n) is 8.77. The fourth-order valence-electron chi connectivity index (χ4n) is 6.58. The summed E-state index contributed by atoms with van der Waals surface area (Å²) in [6.45, 7) is 15.7. The fraction of sp³-hybridized carbons (Fsp3) is 0.724. The molecule has 0 heterocycles. The van der Waals surface area contributed by atoms with Crippen molar-refractivity contribution in [1.82, 2.24) is 0 Å². The molecule has 0 nitrogen and oxygen atoms in total. The van der Waals surface area contributed by atoms with E-state index in [1.165, 1.54) is 82.6 Å². The van der Waals surface area contributed by atoms with Crippen LogP contribution in [0, 0.1) is 36.2 Å². The molecule has 0 amide bonds. The molecule has 158 valence electrons. The largest absolute Gasteiger partial charge is 0.164 e. The van der Waals surface area contributed by atoms with Crippen molar-refractivity contribution < 1.29 is 0 Å². The molecule has 0 aromatic rings. The Hall–Kier alpha value is -1.13. The Labute approximate surface area is 180 Å². The number of hydrogen-bond acceptors (Lipinski definition) is 0. The first-order chi connectivity index (χ1) is 13.9. The monoisotopic (exact) mass is 391 g/mol. The zero-order chi connectivity index (χ0) is 20.5. The molecule has 0 aromatic carbocycles. The van der Waals surface area contributed by atoms with Gasteiger partial charge in [0.05, 0.1) is 12.2 Å². The van der Waals surface area contributed by atoms with Gasteiger partial charge in [-0.3, -0.25) is 0 Å². The molecular weight excluding hydrogens is 348 g/mol. The van der Waals surface area contributed by atoms with E-state index in [9.17, 15) is 0 Å². The van der Waals surface area contributed by atoms with Gasteiger partial charge in [0, 0.05) is 18.9 Å². The number of rotatable bonds is 5. The van der Waals surface area contributed by atoms with E-state index in [1.807, 2.05) is 11.1 Å². The van der Waals surface area contributed by atoms with Crippen LogP contribution in [0.1, 0.15) is 105 Å². The maximum Gasteiger partial charge on any atom is 0.164 e. The minimum absolute atomic E-state index is 0.676. The second kappa shape index (κ2) is 8.93. The fourth-order valence-corrected chi connectivity index (χ4v) is 6.58. The van der Waals surface area contributed by atoms with Crippen LogP contribution < -0.4 is 0 Å². The Morgan fingerprint density at radius 1 is 1.03 bits per heavy atom. The summed E-state index contributed by atoms with van der Waals surface area (Å²) in [7, 11) is 0. The predicted octanol–water partition coefficient (Wildman–Crippen LogP) is 8.76. The Kier molecular flexibility index (Phi) is 6.50. The Morgan fingerprint density at radius 2 is 1.83 bits per heavy atom. The van der Waals surface area contributed by atoms with Gasteiger partial charge in [-0.2, -0.15) is 0 Å². The molecule has 0 radical (unpaired) electrons. The maximum atomic E-state index is 6.32. The zero-order valence-electron chi connectivity index (χ0n) is 19.5. The normalized spacial score (nSPS) is 33.7. The van der Waals surface area contributed by atoms with Gasteiger partial charge >= 0.3 is 0 Å². The van der Waals surface area contributed by atoms with E-state index in [0.717, 1.165) is 29.2 Å². The average molecular weight is 392 g/mol. The van der Waals surface area contributed by atoms with Gasteiger partial charge in [-0.15, -0.1) is 0 Å². The molecule has 29 heavy (non-hydrogen) atoms. The van der Waals surface area contributed by atoms with Gasteiger partial charge in [0.2, 0.25) is 0 Å². The van der Waals surface area contributed by atoms with Crippen LogP contribution in [0.3, 0.4) is 0 Å². The summed E-state index contributed by atoms with van der Waals surface area (Å²) in [4.78, 5) is 0. The van der Waals surface area contributed by atoms with Crippen LogP contribution in [0.2, 0.25) is 0 Å². The van der Waals surface area contributed by atoms with Gasteiger partial charge in [-0.1, -0.05) is 43.9 Å². The van der Waals surface area contributed by atoms with Crippen LogP contribution in [-0.4, -0.2) is 0 Å². The lowest BCUT2D eigenvalue weighted by Gasteiger charge is -2.29. The van der Waals surface area contributed by atoms with Gasteiger partial charge in [0.15, 0.2) is 5.57 Å². The van der Waals surface area contributed by atoms with Crippen LogP contribution in [0.4, 0.5) is 0 Å². The summed E-state index contributed by atoms with van der Waals surface area (Å²) in [6.07, 6.45) is 19.4. The standard InChI is InChI=1S/C29H43/c1-19(2)28-18-25(21(4)15-20(3)22(28)5)12-11-23-16-26-9-7-6-8-10-27(26)29(17-23)24-13-14-24/h1,17,20-21,24-26H,6-16,18H2,2-5H3/q+1. The van der Waals surface area contributed by atoms with Crippen molar-refractivity contribution in [2.75, 3.05) is 0 Å². The van der Waals surface area contributed by atoms with E-state index in [-0.39, 0.29) is 0 Å². The van der Waals surface area contributed by atoms with Gasteiger partial charge in [-0.05, 0) is 99.9 Å². The first-order valence-electron chi connectivity index (χ1n) is 12.7. The molecule has 2 fully saturated rings. The Balaban J connectivity index is 1.48. The second-order valence-corrected chi connectivity index (χ2v) is 11.0. The van der Waals surface area contributed by atoms with E-state index in [2.05, 4.69) is 33.8 Å². The highest BCUT2D eigenvalue weighted by Crippen LogP contribution is 2.48. The zero-order valence-corrected chi connectivity index (χ0v) is 19.5. The molecule has 0 saturated heterocycles. The van der Waals surface area contributed by atoms with Crippen molar-refractivity contribution in [1.29, 1.82) is 0 Å². The van der Waals surface area contributed by atoms with Crippen LogP contribution in [0.5, 0.6) is 0 Å². The van der Waals surface area contributed by atoms with Crippen LogP contribution in [-0.2, 0) is 0 Å². The molecule has 4 rings (SSSR count). The molecule has 2 saturated carbocycles. The molecule has 0 N–H and O–H groups in total. The third kappa shape index (κ3) is 4.80. The number of hydrogen-bond donors (Lipinski definition) is 0. The quantitative estimate of drug-likeness (QED) is 0.411. The maximum absolute atomic E-state index is 6.32. The summed E-state index contributed by atoms with van der Waals surface area (Å²) >= 11 is 0. The van der Waals surface area contributed by atoms with Crippen molar-refractivity contribution in [2.24, 2.45) is 29.6 Å². The number of allylic oxidation sites excluding steroid dienone is 7. The van der Waals surface area contributed by atoms with Crippen LogP contribution >= 0.6 is 0 Å². The van der Waals surface area contributed by atoms with Crippen molar-refractivity contribution >= 4 is 0 Å². The van der Waals surface area contributed by atoms with Crippen molar-refractivity contribution in [2.45, 2.75) is 105 Å². The molecule has 0 bridgehead atoms. The molecule has 4 aliphatic rings. The van der Waals surface area contributed by atoms with E-state index < -0.39 is 0 Å². The SMILES string of the molecule is [CH+]=C(C)C1=C(C)C(C)CC(C)C(CCC2=CC(C3CC3)=C3CCCCCC3C2)C1. The summed E-state index contributed by atoms with van der Waals surface area (Å²) in [5.74, 6) is 4.07. The highest BCUT2D eigenvalue weighted by Gasteiger charge is 2.35. The minimum Gasteiger partial charge on any atom is -0.0693 e. The van der Waals surface area contributed by atoms with Gasteiger partial charge in [0.25, 0.3) is 0 Å². The summed E-state index contributed by atoms with van der Waals surface area (Å²) < 4.78 is 0. The lowest BCUT2D eigenvalue weighted by atomic mass is 9.76. The predicted molar refractivity (Wildman–Crippen MR) is 125 cm³/mol. The lowest BCUT2D eigenvalue weighted by molar-refractivity contribution is 0.302. The second-order valence-electron chi connectivity index (χ2n) is 11.0. The summed E-state index contributed by atoms with van der Waals surface area (Å²) in [6, 6.07) is 0. The molecule has 0 spiro atoms. The first kappa shape index (κ1) is 21.1. The topological polar surface area (TPSA) is 0 Å². The molecule has 0 heteroatoms. The van der Waals surface area contributed by atoms with Crippen LogP contribution in [0.25, 0.3) is 0 Å². The van der Waals surface area contributed by atoms with E-state index >= 15 is 0 Å². The van der Waals surface area contributed by atoms with Crippen molar-refractivity contribution in [3.63, 3.8) is 0 Å². The molecular formula is C29H43+. The van der Waals surface area contributed by atoms with Gasteiger partial charge < -0.3 is 0 Å². The highest BCUT2D eigenvalue weighted by molar-refractivity contribution is 5.40. The molecule has 4 atom stereocenters. The Morgan fingerprint density at radius 3 is 2.55 bits per heavy atom. The lowest BCUT2D eigenvalue weighted by Crippen LogP contribution is -2.16. The molecule has 0 aliphatic heterocycles. The highest BCUT2D eigenvalue weighted by atomic mass is 14.4. The van der Waals surface area contributed by atoms with E-state index in [4.69, 9.17) is 6.58 Å². The molecule has 0 aromatic heterocycles. The molecule has 4 aliphatic carbocycles. The average Bonchev–Trinajstić information content (AvgIpc) is 3.53. The van der Waals surface area contributed by atoms with E-state index in [0.29, 0.717) is 5.92 Å². The smallest absolute Gasteiger partial charge is 0.0693 e. The number of fused-ring (bicyclic) bond motifs is 1. The summed E-state index contributed by atoms with van der Waals surface area (Å²) in [5, 5.41) is 0. The Bertz CT molecular complexity index is 723. The van der Waals surface area contributed by atoms with E-state index in [1.54, 1.807) is 11.1 Å². The molecule has 4 unspecified atom stereocenters. The third-order valence-corrected chi connectivity index (χ3v) is 8.77. The minimum atomic E-state index is 0.676. The van der Waals surface area contributed by atoms with Crippen LogP contribution in [0.15, 0.2) is 39.5 Å².